The topological polar surface area (TPSA) is 112 Å². The highest BCUT2D eigenvalue weighted by atomic mass is 19.4. The number of amides is 1. The molecule has 3 rings (SSSR count). The van der Waals surface area contributed by atoms with Crippen molar-refractivity contribution in [1.29, 1.82) is 0 Å². The van der Waals surface area contributed by atoms with Gasteiger partial charge in [-0.1, -0.05) is 0 Å². The number of fused-ring (bicyclic) bond motifs is 1. The summed E-state index contributed by atoms with van der Waals surface area (Å²) in [7, 11) is 0. The molecule has 1 atom stereocenters. The zero-order valence-corrected chi connectivity index (χ0v) is 13.9. The van der Waals surface area contributed by atoms with Crippen LogP contribution in [0.5, 0.6) is 0 Å². The molecule has 0 bridgehead atoms. The molecule has 0 aliphatic carbocycles. The highest BCUT2D eigenvalue weighted by Crippen LogP contribution is 2.20. The summed E-state index contributed by atoms with van der Waals surface area (Å²) in [4.78, 5) is 38.2. The lowest BCUT2D eigenvalue weighted by Crippen LogP contribution is -2.48. The van der Waals surface area contributed by atoms with Crippen molar-refractivity contribution in [2.24, 2.45) is 0 Å². The molecule has 11 heteroatoms. The number of piperidine rings is 1. The molecule has 2 aromatic rings. The molecule has 0 saturated carbocycles. The number of carbonyl (C=O) groups excluding carboxylic acids is 1. The van der Waals surface area contributed by atoms with Crippen LogP contribution in [0.3, 0.4) is 0 Å². The Balaban J connectivity index is 0.000000321. The van der Waals surface area contributed by atoms with E-state index in [2.05, 4.69) is 4.98 Å². The largest absolute Gasteiger partial charge is 0.490 e. The number of carboxylic acids is 2. The number of carbonyl (C=O) groups is 3. The van der Waals surface area contributed by atoms with Gasteiger partial charge < -0.3 is 19.5 Å². The van der Waals surface area contributed by atoms with E-state index in [0.717, 1.165) is 18.5 Å². The number of likely N-dealkylation sites (tertiary alicyclic amines) is 1. The molecule has 0 radical (unpaired) electrons. The Hall–Kier alpha value is -3.11. The van der Waals surface area contributed by atoms with Crippen molar-refractivity contribution in [3.63, 3.8) is 0 Å². The van der Waals surface area contributed by atoms with E-state index in [1.54, 1.807) is 35.1 Å². The molecule has 0 spiro atoms. The predicted octanol–water partition coefficient (Wildman–Crippen LogP) is 2.05. The fraction of sp³-hybridized carbons (Fsp3) is 0.375. The number of nitrogens with zero attached hydrogens (tertiary/aromatic N) is 3. The van der Waals surface area contributed by atoms with Gasteiger partial charge >= 0.3 is 18.1 Å². The second-order valence-electron chi connectivity index (χ2n) is 5.76. The van der Waals surface area contributed by atoms with E-state index < -0.39 is 24.2 Å². The van der Waals surface area contributed by atoms with Crippen LogP contribution in [0, 0.1) is 0 Å². The normalized spacial score (nSPS) is 17.1. The Morgan fingerprint density at radius 1 is 1.15 bits per heavy atom. The third-order valence-electron chi connectivity index (χ3n) is 3.93. The molecule has 1 unspecified atom stereocenters. The summed E-state index contributed by atoms with van der Waals surface area (Å²) in [6.45, 7) is 0.498. The third kappa shape index (κ3) is 4.96. The smallest absolute Gasteiger partial charge is 0.480 e. The van der Waals surface area contributed by atoms with E-state index in [0.29, 0.717) is 18.5 Å². The molecule has 2 aromatic heterocycles. The summed E-state index contributed by atoms with van der Waals surface area (Å²) < 4.78 is 33.5. The number of alkyl halides is 3. The molecular weight excluding hydrogens is 371 g/mol. The minimum absolute atomic E-state index is 0.229. The summed E-state index contributed by atoms with van der Waals surface area (Å²) in [6.07, 6.45) is 2.25. The minimum Gasteiger partial charge on any atom is -0.480 e. The molecule has 27 heavy (non-hydrogen) atoms. The Kier molecular flexibility index (Phi) is 6.03. The summed E-state index contributed by atoms with van der Waals surface area (Å²) >= 11 is 0. The van der Waals surface area contributed by atoms with Gasteiger partial charge in [-0.25, -0.2) is 14.6 Å². The molecule has 146 valence electrons. The van der Waals surface area contributed by atoms with Crippen molar-refractivity contribution in [1.82, 2.24) is 14.3 Å². The van der Waals surface area contributed by atoms with Gasteiger partial charge in [-0.2, -0.15) is 13.2 Å². The first-order chi connectivity index (χ1) is 12.6. The highest BCUT2D eigenvalue weighted by molar-refractivity contribution is 5.96. The first kappa shape index (κ1) is 20.2. The van der Waals surface area contributed by atoms with E-state index in [1.165, 1.54) is 4.90 Å². The molecule has 1 saturated heterocycles. The van der Waals surface area contributed by atoms with Gasteiger partial charge in [0.15, 0.2) is 0 Å². The molecule has 1 aliphatic heterocycles. The lowest BCUT2D eigenvalue weighted by molar-refractivity contribution is -0.192. The number of imidazole rings is 1. The number of rotatable bonds is 2. The van der Waals surface area contributed by atoms with Crippen LogP contribution in [0.25, 0.3) is 5.65 Å². The van der Waals surface area contributed by atoms with E-state index in [9.17, 15) is 27.9 Å². The molecule has 2 N–H and O–H groups in total. The lowest BCUT2D eigenvalue weighted by atomic mass is 10.0. The van der Waals surface area contributed by atoms with Gasteiger partial charge in [-0.15, -0.1) is 0 Å². The predicted molar refractivity (Wildman–Crippen MR) is 85.2 cm³/mol. The maximum absolute atomic E-state index is 12.5. The molecule has 8 nitrogen and oxygen atoms in total. The number of pyridine rings is 1. The fourth-order valence-electron chi connectivity index (χ4n) is 2.64. The zero-order chi connectivity index (χ0) is 20.2. The van der Waals surface area contributed by atoms with Crippen molar-refractivity contribution >= 4 is 23.5 Å². The van der Waals surface area contributed by atoms with Crippen molar-refractivity contribution in [3.8, 4) is 0 Å². The minimum atomic E-state index is -5.08. The Morgan fingerprint density at radius 3 is 2.41 bits per heavy atom. The maximum Gasteiger partial charge on any atom is 0.490 e. The van der Waals surface area contributed by atoms with Crippen LogP contribution >= 0.6 is 0 Å². The van der Waals surface area contributed by atoms with Gasteiger partial charge in [-0.3, -0.25) is 4.79 Å². The van der Waals surface area contributed by atoms with E-state index >= 15 is 0 Å². The fourth-order valence-corrected chi connectivity index (χ4v) is 2.64. The van der Waals surface area contributed by atoms with Crippen molar-refractivity contribution < 1.29 is 37.8 Å². The molecule has 1 aliphatic rings. The molecular formula is C16H16F3N3O5. The highest BCUT2D eigenvalue weighted by Gasteiger charge is 2.38. The van der Waals surface area contributed by atoms with Gasteiger partial charge in [0.05, 0.1) is 5.56 Å². The van der Waals surface area contributed by atoms with Gasteiger partial charge in [0.1, 0.15) is 11.7 Å². The van der Waals surface area contributed by atoms with E-state index in [1.807, 2.05) is 0 Å². The summed E-state index contributed by atoms with van der Waals surface area (Å²) in [6, 6.07) is 2.74. The Bertz CT molecular complexity index is 849. The average molecular weight is 387 g/mol. The summed E-state index contributed by atoms with van der Waals surface area (Å²) in [5.74, 6) is -3.91. The van der Waals surface area contributed by atoms with Crippen LogP contribution in [-0.4, -0.2) is 61.1 Å². The van der Waals surface area contributed by atoms with Crippen LogP contribution in [-0.2, 0) is 9.59 Å². The van der Waals surface area contributed by atoms with Gasteiger partial charge in [0.2, 0.25) is 0 Å². The Morgan fingerprint density at radius 2 is 1.81 bits per heavy atom. The molecule has 1 fully saturated rings. The first-order valence-corrected chi connectivity index (χ1v) is 7.88. The third-order valence-corrected chi connectivity index (χ3v) is 3.93. The Labute approximate surface area is 150 Å². The number of halogens is 3. The number of hydrogen-bond acceptors (Lipinski definition) is 4. The zero-order valence-electron chi connectivity index (χ0n) is 13.9. The second kappa shape index (κ2) is 8.06. The second-order valence-corrected chi connectivity index (χ2v) is 5.76. The van der Waals surface area contributed by atoms with Crippen LogP contribution < -0.4 is 0 Å². The standard InChI is InChI=1S/C14H15N3O3.C2HF3O2/c18-13(17-7-2-1-3-11(17)14(19)20)10-4-5-12-15-6-8-16(12)9-10;3-2(4,5)1(6)7/h4-6,8-9,11H,1-3,7H2,(H,19,20);(H,6,7). The van der Waals surface area contributed by atoms with E-state index in [4.69, 9.17) is 9.90 Å². The lowest BCUT2D eigenvalue weighted by Gasteiger charge is -2.33. The van der Waals surface area contributed by atoms with Crippen LogP contribution in [0.15, 0.2) is 30.7 Å². The SMILES string of the molecule is O=C(O)C(F)(F)F.O=C(O)C1CCCCN1C(=O)c1ccc2nccn2c1. The number of aliphatic carboxylic acids is 2. The maximum atomic E-state index is 12.5. The van der Waals surface area contributed by atoms with Crippen LogP contribution in [0.2, 0.25) is 0 Å². The quantitative estimate of drug-likeness (QED) is 0.816. The monoisotopic (exact) mass is 387 g/mol. The van der Waals surface area contributed by atoms with Gasteiger partial charge in [-0.05, 0) is 31.4 Å². The molecule has 1 amide bonds. The first-order valence-electron chi connectivity index (χ1n) is 7.88. The van der Waals surface area contributed by atoms with E-state index in [-0.39, 0.29) is 5.91 Å². The van der Waals surface area contributed by atoms with Crippen molar-refractivity contribution in [3.05, 3.63) is 36.3 Å². The van der Waals surface area contributed by atoms with Gasteiger partial charge in [0.25, 0.3) is 5.91 Å². The number of carboxylic acid groups (broad SMARTS) is 2. The van der Waals surface area contributed by atoms with Crippen molar-refractivity contribution in [2.45, 2.75) is 31.5 Å². The number of hydrogen-bond donors (Lipinski definition) is 2. The summed E-state index contributed by atoms with van der Waals surface area (Å²) in [5.41, 5.74) is 1.25. The van der Waals surface area contributed by atoms with Gasteiger partial charge in [0, 0.05) is 25.1 Å². The summed E-state index contributed by atoms with van der Waals surface area (Å²) in [5, 5.41) is 16.4. The van der Waals surface area contributed by atoms with Crippen LogP contribution in [0.4, 0.5) is 13.2 Å². The van der Waals surface area contributed by atoms with Crippen molar-refractivity contribution in [2.75, 3.05) is 6.54 Å². The average Bonchev–Trinajstić information content (AvgIpc) is 3.08. The van der Waals surface area contributed by atoms with Crippen LogP contribution in [0.1, 0.15) is 29.6 Å². The number of aromatic nitrogens is 2. The molecule has 0 aromatic carbocycles. The molecule has 3 heterocycles.